The van der Waals surface area contributed by atoms with Gasteiger partial charge in [0.15, 0.2) is 5.82 Å². The molecule has 0 amide bonds. The topological polar surface area (TPSA) is 35.0 Å². The van der Waals surface area contributed by atoms with Gasteiger partial charge in [0.05, 0.1) is 0 Å². The molecule has 0 saturated carbocycles. The number of benzene rings is 2. The predicted molar refractivity (Wildman–Crippen MR) is 76.8 cm³/mol. The van der Waals surface area contributed by atoms with Crippen molar-refractivity contribution in [2.75, 3.05) is 0 Å². The fourth-order valence-electron chi connectivity index (χ4n) is 2.39. The molecule has 3 aromatic rings. The Labute approximate surface area is 116 Å². The summed E-state index contributed by atoms with van der Waals surface area (Å²) in [7, 11) is 0. The summed E-state index contributed by atoms with van der Waals surface area (Å²) in [4.78, 5) is 8.99. The molecule has 3 heteroatoms. The van der Waals surface area contributed by atoms with E-state index >= 15 is 0 Å². The van der Waals surface area contributed by atoms with Crippen molar-refractivity contribution in [1.29, 1.82) is 0 Å². The zero-order chi connectivity index (χ0) is 13.4. The van der Waals surface area contributed by atoms with Gasteiger partial charge in [-0.15, -0.1) is 0 Å². The summed E-state index contributed by atoms with van der Waals surface area (Å²) < 4.78 is 5.89. The molecule has 20 heavy (non-hydrogen) atoms. The first-order chi connectivity index (χ1) is 9.90. The average molecular weight is 260 g/mol. The highest BCUT2D eigenvalue weighted by atomic mass is 16.5. The predicted octanol–water partition coefficient (Wildman–Crippen LogP) is 3.84. The van der Waals surface area contributed by atoms with Gasteiger partial charge >= 0.3 is 0 Å². The summed E-state index contributed by atoms with van der Waals surface area (Å²) in [5.41, 5.74) is 3.21. The van der Waals surface area contributed by atoms with Gasteiger partial charge in [-0.1, -0.05) is 48.5 Å². The van der Waals surface area contributed by atoms with Crippen LogP contribution in [-0.4, -0.2) is 9.97 Å². The van der Waals surface area contributed by atoms with Crippen LogP contribution in [0, 0.1) is 0 Å². The third kappa shape index (κ3) is 1.84. The molecule has 1 aliphatic heterocycles. The van der Waals surface area contributed by atoms with Crippen molar-refractivity contribution in [2.45, 2.75) is 6.42 Å². The van der Waals surface area contributed by atoms with Crippen LogP contribution in [0.4, 0.5) is 0 Å². The Morgan fingerprint density at radius 2 is 1.65 bits per heavy atom. The zero-order valence-corrected chi connectivity index (χ0v) is 10.8. The van der Waals surface area contributed by atoms with Crippen molar-refractivity contribution < 1.29 is 4.74 Å². The second-order valence-electron chi connectivity index (χ2n) is 4.78. The normalized spacial score (nSPS) is 12.2. The van der Waals surface area contributed by atoms with Crippen LogP contribution >= 0.6 is 0 Å². The third-order valence-electron chi connectivity index (χ3n) is 3.42. The van der Waals surface area contributed by atoms with Crippen molar-refractivity contribution in [3.8, 4) is 23.0 Å². The fourth-order valence-corrected chi connectivity index (χ4v) is 2.39. The van der Waals surface area contributed by atoms with Crippen molar-refractivity contribution in [1.82, 2.24) is 9.97 Å². The Hall–Kier alpha value is -2.68. The second kappa shape index (κ2) is 4.46. The van der Waals surface area contributed by atoms with Crippen LogP contribution in [0.25, 0.3) is 11.4 Å². The molecule has 0 N–H and O–H groups in total. The lowest BCUT2D eigenvalue weighted by Crippen LogP contribution is -2.06. The molecule has 0 unspecified atom stereocenters. The number of hydrogen-bond donors (Lipinski definition) is 0. The van der Waals surface area contributed by atoms with E-state index in [0.29, 0.717) is 11.7 Å². The van der Waals surface area contributed by atoms with Crippen molar-refractivity contribution in [3.05, 3.63) is 71.9 Å². The van der Waals surface area contributed by atoms with E-state index in [1.54, 1.807) is 0 Å². The SMILES string of the molecule is c1ccc(-c2ncc3c(n2)Oc2ccccc2C3)cc1. The molecule has 0 bridgehead atoms. The second-order valence-corrected chi connectivity index (χ2v) is 4.78. The number of para-hydroxylation sites is 1. The number of rotatable bonds is 1. The van der Waals surface area contributed by atoms with E-state index in [2.05, 4.69) is 16.0 Å². The van der Waals surface area contributed by atoms with Crippen molar-refractivity contribution >= 4 is 0 Å². The molecule has 0 atom stereocenters. The molecule has 0 aliphatic carbocycles. The zero-order valence-electron chi connectivity index (χ0n) is 10.8. The number of hydrogen-bond acceptors (Lipinski definition) is 3. The van der Waals surface area contributed by atoms with Crippen LogP contribution in [0.1, 0.15) is 11.1 Å². The van der Waals surface area contributed by atoms with E-state index in [9.17, 15) is 0 Å². The van der Waals surface area contributed by atoms with Gasteiger partial charge in [0.25, 0.3) is 0 Å². The standard InChI is InChI=1S/C17H12N2O/c1-2-6-12(7-3-1)16-18-11-14-10-13-8-4-5-9-15(13)20-17(14)19-16/h1-9,11H,10H2. The molecular weight excluding hydrogens is 248 g/mol. The maximum absolute atomic E-state index is 5.89. The van der Waals surface area contributed by atoms with Crippen LogP contribution in [0.2, 0.25) is 0 Å². The Morgan fingerprint density at radius 1 is 0.850 bits per heavy atom. The minimum atomic E-state index is 0.664. The molecule has 1 aliphatic rings. The molecule has 0 radical (unpaired) electrons. The average Bonchev–Trinajstić information content (AvgIpc) is 2.53. The molecule has 2 heterocycles. The van der Waals surface area contributed by atoms with Crippen LogP contribution in [0.5, 0.6) is 11.6 Å². The van der Waals surface area contributed by atoms with Gasteiger partial charge in [-0.05, 0) is 11.6 Å². The molecular formula is C17H12N2O. The lowest BCUT2D eigenvalue weighted by atomic mass is 10.0. The van der Waals surface area contributed by atoms with E-state index in [1.165, 1.54) is 5.56 Å². The Bertz CT molecular complexity index is 769. The molecule has 0 fully saturated rings. The smallest absolute Gasteiger partial charge is 0.226 e. The summed E-state index contributed by atoms with van der Waals surface area (Å²) in [6, 6.07) is 18.0. The largest absolute Gasteiger partial charge is 0.438 e. The van der Waals surface area contributed by atoms with E-state index in [0.717, 1.165) is 23.3 Å². The van der Waals surface area contributed by atoms with Gasteiger partial charge in [-0.25, -0.2) is 4.98 Å². The van der Waals surface area contributed by atoms with Crippen LogP contribution in [-0.2, 0) is 6.42 Å². The quantitative estimate of drug-likeness (QED) is 0.521. The molecule has 4 rings (SSSR count). The number of fused-ring (bicyclic) bond motifs is 2. The first-order valence-corrected chi connectivity index (χ1v) is 6.57. The van der Waals surface area contributed by atoms with Crippen LogP contribution < -0.4 is 4.74 Å². The van der Waals surface area contributed by atoms with E-state index in [-0.39, 0.29) is 0 Å². The van der Waals surface area contributed by atoms with Gasteiger partial charge < -0.3 is 4.74 Å². The fraction of sp³-hybridized carbons (Fsp3) is 0.0588. The molecule has 1 aromatic heterocycles. The summed E-state index contributed by atoms with van der Waals surface area (Å²) in [6.07, 6.45) is 2.68. The minimum Gasteiger partial charge on any atom is -0.438 e. The highest BCUT2D eigenvalue weighted by Crippen LogP contribution is 2.35. The lowest BCUT2D eigenvalue weighted by molar-refractivity contribution is 0.439. The van der Waals surface area contributed by atoms with Gasteiger partial charge in [0, 0.05) is 23.7 Å². The maximum atomic E-state index is 5.89. The van der Waals surface area contributed by atoms with Gasteiger partial charge in [0.1, 0.15) is 5.75 Å². The van der Waals surface area contributed by atoms with Gasteiger partial charge in [-0.3, -0.25) is 0 Å². The first-order valence-electron chi connectivity index (χ1n) is 6.57. The molecule has 2 aromatic carbocycles. The third-order valence-corrected chi connectivity index (χ3v) is 3.42. The lowest BCUT2D eigenvalue weighted by Gasteiger charge is -2.19. The summed E-state index contributed by atoms with van der Waals surface area (Å²) in [6.45, 7) is 0. The monoisotopic (exact) mass is 260 g/mol. The summed E-state index contributed by atoms with van der Waals surface area (Å²) in [5, 5.41) is 0. The molecule has 3 nitrogen and oxygen atoms in total. The van der Waals surface area contributed by atoms with E-state index in [1.807, 2.05) is 54.7 Å². The van der Waals surface area contributed by atoms with Crippen molar-refractivity contribution in [2.24, 2.45) is 0 Å². The molecule has 0 saturated heterocycles. The number of nitrogens with zero attached hydrogens (tertiary/aromatic N) is 2. The van der Waals surface area contributed by atoms with Crippen LogP contribution in [0.3, 0.4) is 0 Å². The Morgan fingerprint density at radius 3 is 2.55 bits per heavy atom. The summed E-state index contributed by atoms with van der Waals surface area (Å²) >= 11 is 0. The maximum Gasteiger partial charge on any atom is 0.226 e. The summed E-state index contributed by atoms with van der Waals surface area (Å²) in [5.74, 6) is 2.25. The first kappa shape index (κ1) is 11.2. The molecule has 0 spiro atoms. The highest BCUT2D eigenvalue weighted by Gasteiger charge is 2.18. The molecule has 96 valence electrons. The Kier molecular flexibility index (Phi) is 2.49. The number of aromatic nitrogens is 2. The highest BCUT2D eigenvalue weighted by molar-refractivity contribution is 5.56. The Balaban J connectivity index is 1.77. The minimum absolute atomic E-state index is 0.664. The van der Waals surface area contributed by atoms with Gasteiger partial charge in [0.2, 0.25) is 5.88 Å². The number of ether oxygens (including phenoxy) is 1. The van der Waals surface area contributed by atoms with Gasteiger partial charge in [-0.2, -0.15) is 4.98 Å². The van der Waals surface area contributed by atoms with Crippen LogP contribution in [0.15, 0.2) is 60.8 Å². The van der Waals surface area contributed by atoms with Crippen molar-refractivity contribution in [3.63, 3.8) is 0 Å². The van der Waals surface area contributed by atoms with E-state index in [4.69, 9.17) is 4.74 Å². The van der Waals surface area contributed by atoms with E-state index < -0.39 is 0 Å².